The Morgan fingerprint density at radius 3 is 2.80 bits per heavy atom. The van der Waals surface area contributed by atoms with Gasteiger partial charge in [0.25, 0.3) is 5.56 Å². The lowest BCUT2D eigenvalue weighted by Crippen LogP contribution is -2.48. The molecule has 3 aliphatic rings. The van der Waals surface area contributed by atoms with Crippen molar-refractivity contribution in [1.29, 1.82) is 0 Å². The number of hydrogen-bond donors (Lipinski definition) is 0. The van der Waals surface area contributed by atoms with Crippen LogP contribution in [-0.4, -0.2) is 58.8 Å². The topological polar surface area (TPSA) is 63.5 Å². The molecule has 0 saturated carbocycles. The van der Waals surface area contributed by atoms with Crippen LogP contribution >= 0.6 is 0 Å². The van der Waals surface area contributed by atoms with Gasteiger partial charge in [0, 0.05) is 56.4 Å². The van der Waals surface area contributed by atoms with Crippen LogP contribution in [0.1, 0.15) is 36.2 Å². The first kappa shape index (κ1) is 19.6. The zero-order valence-electron chi connectivity index (χ0n) is 17.4. The Balaban J connectivity index is 1.40. The molecule has 2 fully saturated rings. The maximum atomic E-state index is 14.8. The van der Waals surface area contributed by atoms with Crippen molar-refractivity contribution in [3.05, 3.63) is 51.6 Å². The molecule has 30 heavy (non-hydrogen) atoms. The van der Waals surface area contributed by atoms with Crippen molar-refractivity contribution in [2.24, 2.45) is 5.92 Å². The molecule has 0 spiro atoms. The average Bonchev–Trinajstić information content (AvgIpc) is 2.77. The molecule has 0 aliphatic carbocycles. The van der Waals surface area contributed by atoms with Crippen LogP contribution in [-0.2, 0) is 24.2 Å². The van der Waals surface area contributed by atoms with Gasteiger partial charge in [-0.2, -0.15) is 0 Å². The number of ether oxygens (including phenoxy) is 1. The highest BCUT2D eigenvalue weighted by Crippen LogP contribution is 2.37. The van der Waals surface area contributed by atoms with Crippen LogP contribution in [0.25, 0.3) is 0 Å². The highest BCUT2D eigenvalue weighted by atomic mass is 19.1. The van der Waals surface area contributed by atoms with Crippen LogP contribution in [0, 0.1) is 11.7 Å². The van der Waals surface area contributed by atoms with Gasteiger partial charge in [0.15, 0.2) is 11.6 Å². The number of morpholine rings is 1. The number of piperidine rings is 1. The summed E-state index contributed by atoms with van der Waals surface area (Å²) in [5, 5.41) is 0. The Morgan fingerprint density at radius 2 is 2.00 bits per heavy atom. The van der Waals surface area contributed by atoms with Crippen molar-refractivity contribution in [2.45, 2.75) is 38.8 Å². The van der Waals surface area contributed by atoms with Crippen molar-refractivity contribution in [1.82, 2.24) is 19.4 Å². The minimum absolute atomic E-state index is 0.128. The van der Waals surface area contributed by atoms with Crippen LogP contribution in [0.15, 0.2) is 23.3 Å². The van der Waals surface area contributed by atoms with E-state index in [1.807, 2.05) is 22.5 Å². The third-order valence-corrected chi connectivity index (χ3v) is 6.66. The van der Waals surface area contributed by atoms with Crippen molar-refractivity contribution in [2.75, 3.05) is 44.3 Å². The Morgan fingerprint density at radius 1 is 1.17 bits per heavy atom. The summed E-state index contributed by atoms with van der Waals surface area (Å²) in [4.78, 5) is 25.8. The molecule has 0 radical (unpaired) electrons. The molecule has 160 valence electrons. The maximum absolute atomic E-state index is 14.8. The minimum atomic E-state index is -0.307. The van der Waals surface area contributed by atoms with Crippen molar-refractivity contribution >= 4 is 5.82 Å². The van der Waals surface area contributed by atoms with Gasteiger partial charge >= 0.3 is 0 Å². The van der Waals surface area contributed by atoms with Crippen molar-refractivity contribution in [3.8, 4) is 0 Å². The summed E-state index contributed by atoms with van der Waals surface area (Å²) < 4.78 is 22.2. The molecule has 8 heteroatoms. The molecule has 7 nitrogen and oxygen atoms in total. The summed E-state index contributed by atoms with van der Waals surface area (Å²) in [6.45, 7) is 7.84. The van der Waals surface area contributed by atoms with E-state index in [1.54, 1.807) is 0 Å². The molecule has 0 amide bonds. The molecule has 0 N–H and O–H groups in total. The number of aromatic nitrogens is 3. The van der Waals surface area contributed by atoms with E-state index in [0.717, 1.165) is 44.0 Å². The highest BCUT2D eigenvalue weighted by Gasteiger charge is 2.36. The average molecular weight is 413 g/mol. The van der Waals surface area contributed by atoms with Gasteiger partial charge in [-0.25, -0.2) is 14.4 Å². The summed E-state index contributed by atoms with van der Waals surface area (Å²) in [6, 6.07) is 4.10. The Kier molecular flexibility index (Phi) is 5.28. The molecule has 5 heterocycles. The number of anilines is 1. The molecule has 0 aromatic carbocycles. The monoisotopic (exact) mass is 413 g/mol. The standard InChI is InChI=1S/C22H28FN5O2/c1-2-18-20(23)21(25-14-24-18)27-10-15-9-17(13-27)19-4-3-16(22(29)28(19)11-15)12-26-5-7-30-8-6-26/h3-4,14-15,17H,2,5-13H2,1H3/t15-,17+/m0/s1. The lowest BCUT2D eigenvalue weighted by molar-refractivity contribution is 0.0339. The van der Waals surface area contributed by atoms with Crippen LogP contribution in [0.5, 0.6) is 0 Å². The van der Waals surface area contributed by atoms with Gasteiger partial charge in [-0.05, 0) is 24.8 Å². The lowest BCUT2D eigenvalue weighted by atomic mass is 9.83. The first-order valence-electron chi connectivity index (χ1n) is 10.9. The van der Waals surface area contributed by atoms with E-state index in [1.165, 1.54) is 6.33 Å². The smallest absolute Gasteiger partial charge is 0.255 e. The number of fused-ring (bicyclic) bond motifs is 4. The third-order valence-electron chi connectivity index (χ3n) is 6.66. The second-order valence-electron chi connectivity index (χ2n) is 8.60. The van der Waals surface area contributed by atoms with Crippen LogP contribution in [0.2, 0.25) is 0 Å². The fourth-order valence-electron chi connectivity index (χ4n) is 5.15. The summed E-state index contributed by atoms with van der Waals surface area (Å²) in [7, 11) is 0. The molecule has 2 saturated heterocycles. The van der Waals surface area contributed by atoms with Crippen molar-refractivity contribution in [3.63, 3.8) is 0 Å². The Labute approximate surface area is 175 Å². The second-order valence-corrected chi connectivity index (χ2v) is 8.60. The number of aryl methyl sites for hydroxylation is 1. The fraction of sp³-hybridized carbons (Fsp3) is 0.591. The quantitative estimate of drug-likeness (QED) is 0.762. The SMILES string of the molecule is CCc1ncnc(N2C[C@@H]3C[C@H](C2)c2ccc(CN4CCOCC4)c(=O)n2C3)c1F. The second kappa shape index (κ2) is 8.07. The lowest BCUT2D eigenvalue weighted by Gasteiger charge is -2.43. The predicted octanol–water partition coefficient (Wildman–Crippen LogP) is 1.80. The van der Waals surface area contributed by atoms with E-state index in [2.05, 4.69) is 20.9 Å². The van der Waals surface area contributed by atoms with Gasteiger partial charge in [-0.1, -0.05) is 13.0 Å². The normalized spacial score (nSPS) is 24.0. The summed E-state index contributed by atoms with van der Waals surface area (Å²) in [6.07, 6.45) is 3.04. The summed E-state index contributed by atoms with van der Waals surface area (Å²) in [5.41, 5.74) is 2.51. The molecule has 3 aliphatic heterocycles. The molecule has 2 bridgehead atoms. The van der Waals surface area contributed by atoms with Crippen molar-refractivity contribution < 1.29 is 9.13 Å². The van der Waals surface area contributed by atoms with Gasteiger partial charge in [0.05, 0.1) is 18.9 Å². The van der Waals surface area contributed by atoms with E-state index >= 15 is 0 Å². The number of halogens is 1. The third kappa shape index (κ3) is 3.52. The first-order chi connectivity index (χ1) is 14.6. The van der Waals surface area contributed by atoms with E-state index in [9.17, 15) is 9.18 Å². The zero-order chi connectivity index (χ0) is 20.7. The Hall–Kier alpha value is -2.32. The number of nitrogens with zero attached hydrogens (tertiary/aromatic N) is 5. The number of rotatable bonds is 4. The molecule has 2 aromatic heterocycles. The number of pyridine rings is 1. The maximum Gasteiger partial charge on any atom is 0.255 e. The van der Waals surface area contributed by atoms with Gasteiger partial charge < -0.3 is 14.2 Å². The van der Waals surface area contributed by atoms with E-state index in [4.69, 9.17) is 4.74 Å². The number of hydrogen-bond acceptors (Lipinski definition) is 6. The molecule has 2 aromatic rings. The van der Waals surface area contributed by atoms with Gasteiger partial charge in [-0.3, -0.25) is 9.69 Å². The largest absolute Gasteiger partial charge is 0.379 e. The fourth-order valence-corrected chi connectivity index (χ4v) is 5.15. The van der Waals surface area contributed by atoms with Gasteiger partial charge in [-0.15, -0.1) is 0 Å². The van der Waals surface area contributed by atoms with Crippen LogP contribution in [0.4, 0.5) is 10.2 Å². The van der Waals surface area contributed by atoms with Gasteiger partial charge in [0.2, 0.25) is 0 Å². The van der Waals surface area contributed by atoms with Crippen LogP contribution < -0.4 is 10.5 Å². The van der Waals surface area contributed by atoms with E-state index < -0.39 is 0 Å². The first-order valence-corrected chi connectivity index (χ1v) is 10.9. The summed E-state index contributed by atoms with van der Waals surface area (Å²) >= 11 is 0. The summed E-state index contributed by atoms with van der Waals surface area (Å²) in [5.74, 6) is 0.614. The van der Waals surface area contributed by atoms with Crippen LogP contribution in [0.3, 0.4) is 0 Å². The molecule has 0 unspecified atom stereocenters. The highest BCUT2D eigenvalue weighted by molar-refractivity contribution is 5.43. The zero-order valence-corrected chi connectivity index (χ0v) is 17.4. The van der Waals surface area contributed by atoms with Gasteiger partial charge in [0.1, 0.15) is 6.33 Å². The molecular weight excluding hydrogens is 385 g/mol. The molecule has 2 atom stereocenters. The minimum Gasteiger partial charge on any atom is -0.379 e. The molecule has 5 rings (SSSR count). The van der Waals surface area contributed by atoms with E-state index in [0.29, 0.717) is 50.0 Å². The Bertz CT molecular complexity index is 988. The predicted molar refractivity (Wildman–Crippen MR) is 111 cm³/mol. The molecular formula is C22H28FN5O2. The van der Waals surface area contributed by atoms with E-state index in [-0.39, 0.29) is 17.3 Å².